The Bertz CT molecular complexity index is 774. The van der Waals surface area contributed by atoms with Crippen molar-refractivity contribution in [1.82, 2.24) is 0 Å². The molecule has 3 rings (SSSR count). The first-order valence-electron chi connectivity index (χ1n) is 6.17. The summed E-state index contributed by atoms with van der Waals surface area (Å²) in [6.07, 6.45) is -1.83. The molecule has 0 saturated heterocycles. The number of benzene rings is 1. The minimum absolute atomic E-state index is 0.0202. The van der Waals surface area contributed by atoms with Gasteiger partial charge in [0, 0.05) is 0 Å². The van der Waals surface area contributed by atoms with Crippen LogP contribution >= 0.6 is 0 Å². The van der Waals surface area contributed by atoms with Crippen molar-refractivity contribution in [2.75, 3.05) is 0 Å². The maximum Gasteiger partial charge on any atom is 0.416 e. The highest BCUT2D eigenvalue weighted by atomic mass is 19.4. The zero-order valence-electron chi connectivity index (χ0n) is 10.9. The molecule has 4 nitrogen and oxygen atoms in total. The molecule has 0 N–H and O–H groups in total. The molecule has 0 saturated carbocycles. The van der Waals surface area contributed by atoms with Crippen LogP contribution in [0.3, 0.4) is 0 Å². The van der Waals surface area contributed by atoms with E-state index in [1.807, 2.05) is 0 Å². The summed E-state index contributed by atoms with van der Waals surface area (Å²) in [6.45, 7) is 0. The van der Waals surface area contributed by atoms with Gasteiger partial charge in [0.15, 0.2) is 11.5 Å². The molecule has 7 heteroatoms. The molecule has 0 aliphatic carbocycles. The van der Waals surface area contributed by atoms with Gasteiger partial charge < -0.3 is 9.15 Å². The molecule has 1 aromatic heterocycles. The second-order valence-electron chi connectivity index (χ2n) is 4.44. The van der Waals surface area contributed by atoms with Crippen LogP contribution in [0, 0.1) is 0 Å². The van der Waals surface area contributed by atoms with Crippen molar-refractivity contribution >= 4 is 17.9 Å². The van der Waals surface area contributed by atoms with Crippen molar-refractivity contribution < 1.29 is 27.1 Å². The van der Waals surface area contributed by atoms with E-state index in [0.717, 1.165) is 12.1 Å². The highest BCUT2D eigenvalue weighted by Crippen LogP contribution is 2.30. The van der Waals surface area contributed by atoms with E-state index in [4.69, 9.17) is 9.15 Å². The lowest BCUT2D eigenvalue weighted by Gasteiger charge is -2.06. The van der Waals surface area contributed by atoms with E-state index in [1.54, 1.807) is 12.1 Å². The number of ether oxygens (including phenoxy) is 1. The van der Waals surface area contributed by atoms with Crippen molar-refractivity contribution in [3.63, 3.8) is 0 Å². The number of esters is 1. The van der Waals surface area contributed by atoms with Gasteiger partial charge in [-0.15, -0.1) is 0 Å². The van der Waals surface area contributed by atoms with Crippen molar-refractivity contribution in [3.8, 4) is 0 Å². The van der Waals surface area contributed by atoms with Crippen LogP contribution < -0.4 is 0 Å². The Morgan fingerprint density at radius 1 is 1.14 bits per heavy atom. The van der Waals surface area contributed by atoms with Gasteiger partial charge in [-0.1, -0.05) is 12.1 Å². The zero-order chi connectivity index (χ0) is 15.7. The Hall–Kier alpha value is -2.83. The van der Waals surface area contributed by atoms with E-state index < -0.39 is 17.7 Å². The highest BCUT2D eigenvalue weighted by Gasteiger charge is 2.30. The molecule has 0 unspecified atom stereocenters. The van der Waals surface area contributed by atoms with Crippen LogP contribution in [0.1, 0.15) is 16.9 Å². The molecule has 1 aliphatic rings. The molecule has 0 radical (unpaired) electrons. The van der Waals surface area contributed by atoms with Gasteiger partial charge in [0.1, 0.15) is 0 Å². The van der Waals surface area contributed by atoms with Gasteiger partial charge in [-0.25, -0.2) is 9.79 Å². The molecule has 1 aromatic carbocycles. The number of halogens is 3. The summed E-state index contributed by atoms with van der Waals surface area (Å²) in [4.78, 5) is 15.6. The maximum atomic E-state index is 12.7. The molecule has 0 bridgehead atoms. The molecule has 22 heavy (non-hydrogen) atoms. The van der Waals surface area contributed by atoms with Gasteiger partial charge >= 0.3 is 12.1 Å². The highest BCUT2D eigenvalue weighted by molar-refractivity contribution is 6.11. The standard InChI is InChI=1S/C15H8F3NO3/c16-15(17,18)10-4-1-3-9(7-10)8-11-14(20)22-13(19-11)12-5-2-6-21-12/h1-8H. The average Bonchev–Trinajstić information content (AvgIpc) is 3.09. The number of aliphatic imine (C=N–C) groups is 1. The fourth-order valence-electron chi connectivity index (χ4n) is 1.88. The summed E-state index contributed by atoms with van der Waals surface area (Å²) in [5, 5.41) is 0. The zero-order valence-corrected chi connectivity index (χ0v) is 10.9. The lowest BCUT2D eigenvalue weighted by atomic mass is 10.1. The van der Waals surface area contributed by atoms with Gasteiger partial charge in [-0.05, 0) is 35.9 Å². The third kappa shape index (κ3) is 2.78. The van der Waals surface area contributed by atoms with Gasteiger partial charge in [-0.3, -0.25) is 0 Å². The average molecular weight is 307 g/mol. The number of carbonyl (C=O) groups is 1. The van der Waals surface area contributed by atoms with Crippen LogP contribution in [0.2, 0.25) is 0 Å². The number of rotatable bonds is 2. The minimum atomic E-state index is -4.45. The van der Waals surface area contributed by atoms with Crippen molar-refractivity contribution in [2.45, 2.75) is 6.18 Å². The van der Waals surface area contributed by atoms with E-state index >= 15 is 0 Å². The van der Waals surface area contributed by atoms with E-state index in [1.165, 1.54) is 24.5 Å². The molecular formula is C15H8F3NO3. The minimum Gasteiger partial charge on any atom is -0.459 e. The number of nitrogens with zero attached hydrogens (tertiary/aromatic N) is 1. The topological polar surface area (TPSA) is 51.8 Å². The number of hydrogen-bond donors (Lipinski definition) is 0. The van der Waals surface area contributed by atoms with Gasteiger partial charge in [0.2, 0.25) is 0 Å². The molecule has 112 valence electrons. The number of carbonyl (C=O) groups excluding carboxylic acids is 1. The molecule has 1 aliphatic heterocycles. The van der Waals surface area contributed by atoms with E-state index in [-0.39, 0.29) is 22.9 Å². The molecule has 0 amide bonds. The molecule has 0 atom stereocenters. The summed E-state index contributed by atoms with van der Waals surface area (Å²) in [5.74, 6) is -0.502. The normalized spacial score (nSPS) is 16.8. The lowest BCUT2D eigenvalue weighted by Crippen LogP contribution is -2.05. The SMILES string of the molecule is O=C1OC(c2ccco2)=NC1=Cc1cccc(C(F)(F)F)c1. The van der Waals surface area contributed by atoms with Gasteiger partial charge in [0.25, 0.3) is 5.90 Å². The Kier molecular flexibility index (Phi) is 3.32. The van der Waals surface area contributed by atoms with Crippen molar-refractivity contribution in [1.29, 1.82) is 0 Å². The Labute approximate surface area is 122 Å². The number of furan rings is 1. The molecule has 2 heterocycles. The number of cyclic esters (lactones) is 1. The Morgan fingerprint density at radius 3 is 2.64 bits per heavy atom. The fourth-order valence-corrected chi connectivity index (χ4v) is 1.88. The van der Waals surface area contributed by atoms with Crippen LogP contribution in [0.4, 0.5) is 13.2 Å². The fraction of sp³-hybridized carbons (Fsp3) is 0.0667. The van der Waals surface area contributed by atoms with Crippen LogP contribution in [0.5, 0.6) is 0 Å². The first kappa shape index (κ1) is 14.1. The summed E-state index contributed by atoms with van der Waals surface area (Å²) >= 11 is 0. The van der Waals surface area contributed by atoms with Crippen LogP contribution in [0.25, 0.3) is 6.08 Å². The first-order valence-corrected chi connectivity index (χ1v) is 6.17. The summed E-state index contributed by atoms with van der Waals surface area (Å²) in [5.41, 5.74) is -0.694. The third-order valence-electron chi connectivity index (χ3n) is 2.87. The van der Waals surface area contributed by atoms with Gasteiger partial charge in [-0.2, -0.15) is 13.2 Å². The van der Waals surface area contributed by atoms with E-state index in [9.17, 15) is 18.0 Å². The molecule has 0 spiro atoms. The second-order valence-corrected chi connectivity index (χ2v) is 4.44. The summed E-state index contributed by atoms with van der Waals surface area (Å²) < 4.78 is 47.9. The van der Waals surface area contributed by atoms with E-state index in [2.05, 4.69) is 4.99 Å². The van der Waals surface area contributed by atoms with Crippen LogP contribution in [-0.2, 0) is 15.7 Å². The van der Waals surface area contributed by atoms with Crippen LogP contribution in [-0.4, -0.2) is 11.9 Å². The first-order chi connectivity index (χ1) is 10.4. The van der Waals surface area contributed by atoms with Crippen molar-refractivity contribution in [3.05, 3.63) is 65.2 Å². The predicted molar refractivity (Wildman–Crippen MR) is 70.8 cm³/mol. The van der Waals surface area contributed by atoms with Gasteiger partial charge in [0.05, 0.1) is 11.8 Å². The smallest absolute Gasteiger partial charge is 0.416 e. The number of alkyl halides is 3. The number of hydrogen-bond acceptors (Lipinski definition) is 4. The quantitative estimate of drug-likeness (QED) is 0.628. The summed E-state index contributed by atoms with van der Waals surface area (Å²) in [6, 6.07) is 7.73. The maximum absolute atomic E-state index is 12.7. The third-order valence-corrected chi connectivity index (χ3v) is 2.87. The molecular weight excluding hydrogens is 299 g/mol. The van der Waals surface area contributed by atoms with E-state index in [0.29, 0.717) is 0 Å². The van der Waals surface area contributed by atoms with Crippen LogP contribution in [0.15, 0.2) is 57.8 Å². The molecule has 0 fully saturated rings. The molecule has 2 aromatic rings. The Morgan fingerprint density at radius 2 is 1.95 bits per heavy atom. The summed E-state index contributed by atoms with van der Waals surface area (Å²) in [7, 11) is 0. The second kappa shape index (κ2) is 5.18. The largest absolute Gasteiger partial charge is 0.459 e. The Balaban J connectivity index is 1.94. The lowest BCUT2D eigenvalue weighted by molar-refractivity contribution is -0.137. The predicted octanol–water partition coefficient (Wildman–Crippen LogP) is 3.64. The van der Waals surface area contributed by atoms with Crippen molar-refractivity contribution in [2.24, 2.45) is 4.99 Å². The monoisotopic (exact) mass is 307 g/mol.